The summed E-state index contributed by atoms with van der Waals surface area (Å²) in [6.07, 6.45) is 7.63. The van der Waals surface area contributed by atoms with E-state index < -0.39 is 0 Å². The Labute approximate surface area is 218 Å². The van der Waals surface area contributed by atoms with Gasteiger partial charge in [0, 0.05) is 54.3 Å². The third-order valence-electron chi connectivity index (χ3n) is 6.86. The van der Waals surface area contributed by atoms with Gasteiger partial charge in [-0.2, -0.15) is 0 Å². The zero-order chi connectivity index (χ0) is 24.6. The average molecular weight is 517 g/mol. The van der Waals surface area contributed by atoms with Crippen LogP contribution < -0.4 is 16.4 Å². The number of guanidine groups is 1. The first kappa shape index (κ1) is 25.8. The maximum atomic E-state index is 11.9. The van der Waals surface area contributed by atoms with Crippen molar-refractivity contribution in [3.05, 3.63) is 63.6 Å². The maximum absolute atomic E-state index is 11.9. The first-order valence-electron chi connectivity index (χ1n) is 12.6. The monoisotopic (exact) mass is 515 g/mol. The molecule has 1 saturated carbocycles. The van der Waals surface area contributed by atoms with E-state index in [1.165, 1.54) is 25.7 Å². The molecule has 0 radical (unpaired) electrons. The van der Waals surface area contributed by atoms with Crippen LogP contribution in [-0.4, -0.2) is 49.0 Å². The number of aliphatic imine (C=N–C) groups is 1. The fourth-order valence-corrected chi connectivity index (χ4v) is 5.49. The van der Waals surface area contributed by atoms with Crippen molar-refractivity contribution in [3.8, 4) is 0 Å². The van der Waals surface area contributed by atoms with Crippen molar-refractivity contribution in [2.75, 3.05) is 31.5 Å². The number of primary amides is 1. The van der Waals surface area contributed by atoms with Crippen LogP contribution in [0.3, 0.4) is 0 Å². The fraction of sp³-hybridized carbons (Fsp3) is 0.481. The van der Waals surface area contributed by atoms with E-state index in [2.05, 4.69) is 15.5 Å². The summed E-state index contributed by atoms with van der Waals surface area (Å²) < 4.78 is 0. The summed E-state index contributed by atoms with van der Waals surface area (Å²) in [7, 11) is 0. The highest BCUT2D eigenvalue weighted by Gasteiger charge is 2.21. The van der Waals surface area contributed by atoms with Crippen LogP contribution in [0.4, 0.5) is 5.69 Å². The minimum atomic E-state index is -0.375. The molecule has 1 saturated heterocycles. The van der Waals surface area contributed by atoms with Gasteiger partial charge in [-0.25, -0.2) is 4.99 Å². The molecule has 6 nitrogen and oxygen atoms in total. The van der Waals surface area contributed by atoms with Crippen molar-refractivity contribution in [2.24, 2.45) is 10.7 Å². The molecule has 1 aliphatic heterocycles. The number of piperazine rings is 1. The van der Waals surface area contributed by atoms with Crippen LogP contribution in [-0.2, 0) is 4.79 Å². The van der Waals surface area contributed by atoms with Crippen LogP contribution >= 0.6 is 23.2 Å². The third-order valence-corrected chi connectivity index (χ3v) is 7.42. The van der Waals surface area contributed by atoms with E-state index in [4.69, 9.17) is 33.9 Å². The van der Waals surface area contributed by atoms with Crippen LogP contribution in [0.15, 0.2) is 47.5 Å². The highest BCUT2D eigenvalue weighted by Crippen LogP contribution is 2.35. The largest absolute Gasteiger partial charge is 0.370 e. The normalized spacial score (nSPS) is 18.7. The topological polar surface area (TPSA) is 82.8 Å². The number of anilines is 1. The van der Waals surface area contributed by atoms with Gasteiger partial charge in [0.2, 0.25) is 5.91 Å². The number of nitrogens with zero attached hydrogens (tertiary/aromatic N) is 2. The molecule has 1 unspecified atom stereocenters. The highest BCUT2D eigenvalue weighted by atomic mass is 35.5. The van der Waals surface area contributed by atoms with Gasteiger partial charge in [0.05, 0.1) is 6.04 Å². The Kier molecular flexibility index (Phi) is 9.30. The number of benzene rings is 2. The van der Waals surface area contributed by atoms with Crippen LogP contribution in [0, 0.1) is 0 Å². The number of rotatable bonds is 6. The second-order valence-corrected chi connectivity index (χ2v) is 10.3. The van der Waals surface area contributed by atoms with Crippen LogP contribution in [0.5, 0.6) is 0 Å². The number of carbonyl (C=O) groups excluding carboxylic acids is 1. The molecular formula is C27H35Cl2N5O. The van der Waals surface area contributed by atoms with Crippen molar-refractivity contribution < 1.29 is 4.79 Å². The molecule has 4 N–H and O–H groups in total. The Morgan fingerprint density at radius 2 is 1.74 bits per heavy atom. The number of hydrogen-bond acceptors (Lipinski definition) is 3. The molecule has 35 heavy (non-hydrogen) atoms. The average Bonchev–Trinajstić information content (AvgIpc) is 3.12. The van der Waals surface area contributed by atoms with Crippen molar-refractivity contribution in [1.82, 2.24) is 10.2 Å². The smallest absolute Gasteiger partial charge is 0.218 e. The molecule has 188 valence electrons. The Balaban J connectivity index is 1.56. The highest BCUT2D eigenvalue weighted by molar-refractivity contribution is 6.35. The molecule has 1 heterocycles. The SMILES string of the molecule is NC(=O)CC(c1ccc(N/C(=N/C2CCCCCC2)N2CCNCC2)cc1)c1ccc(Cl)cc1Cl. The van der Waals surface area contributed by atoms with E-state index in [1.54, 1.807) is 12.1 Å². The van der Waals surface area contributed by atoms with Crippen LogP contribution in [0.2, 0.25) is 10.0 Å². The van der Waals surface area contributed by atoms with E-state index in [1.807, 2.05) is 30.3 Å². The summed E-state index contributed by atoms with van der Waals surface area (Å²) in [6, 6.07) is 13.9. The number of nitrogens with two attached hydrogens (primary N) is 1. The summed E-state index contributed by atoms with van der Waals surface area (Å²) in [4.78, 5) is 19.4. The molecule has 2 aromatic rings. The lowest BCUT2D eigenvalue weighted by Crippen LogP contribution is -2.49. The van der Waals surface area contributed by atoms with Gasteiger partial charge in [-0.15, -0.1) is 0 Å². The van der Waals surface area contributed by atoms with Gasteiger partial charge in [0.25, 0.3) is 0 Å². The molecule has 0 spiro atoms. The quantitative estimate of drug-likeness (QED) is 0.273. The third kappa shape index (κ3) is 7.35. The molecule has 1 aliphatic carbocycles. The second kappa shape index (κ2) is 12.6. The predicted molar refractivity (Wildman–Crippen MR) is 146 cm³/mol. The maximum Gasteiger partial charge on any atom is 0.218 e. The lowest BCUT2D eigenvalue weighted by Gasteiger charge is -2.31. The van der Waals surface area contributed by atoms with Gasteiger partial charge in [0.1, 0.15) is 0 Å². The van der Waals surface area contributed by atoms with E-state index >= 15 is 0 Å². The summed E-state index contributed by atoms with van der Waals surface area (Å²) >= 11 is 12.6. The Morgan fingerprint density at radius 3 is 2.37 bits per heavy atom. The van der Waals surface area contributed by atoms with Gasteiger partial charge in [0.15, 0.2) is 5.96 Å². The van der Waals surface area contributed by atoms with Gasteiger partial charge >= 0.3 is 0 Å². The molecule has 2 fully saturated rings. The molecule has 0 aromatic heterocycles. The second-order valence-electron chi connectivity index (χ2n) is 9.47. The molecule has 0 bridgehead atoms. The molecular weight excluding hydrogens is 481 g/mol. The van der Waals surface area contributed by atoms with Crippen LogP contribution in [0.1, 0.15) is 62.0 Å². The first-order chi connectivity index (χ1) is 17.0. The Bertz CT molecular complexity index is 1010. The number of carbonyl (C=O) groups is 1. The Hall–Kier alpha value is -2.28. The summed E-state index contributed by atoms with van der Waals surface area (Å²) in [5.41, 5.74) is 8.37. The standard InChI is InChI=1S/C27H35Cl2N5O/c28-20-9-12-23(25(29)17-20)24(18-26(30)35)19-7-10-22(11-8-19)33-27(34-15-13-31-14-16-34)32-21-5-3-1-2-4-6-21/h7-12,17,21,24,31H,1-6,13-16,18H2,(H2,30,35)(H,32,33). The van der Waals surface area contributed by atoms with Crippen LogP contribution in [0.25, 0.3) is 0 Å². The fourth-order valence-electron chi connectivity index (χ4n) is 4.95. The molecule has 8 heteroatoms. The van der Waals surface area contributed by atoms with Gasteiger partial charge in [-0.1, -0.05) is 67.1 Å². The van der Waals surface area contributed by atoms with Crippen molar-refractivity contribution in [3.63, 3.8) is 0 Å². The van der Waals surface area contributed by atoms with Crippen molar-refractivity contribution in [1.29, 1.82) is 0 Å². The first-order valence-corrected chi connectivity index (χ1v) is 13.4. The van der Waals surface area contributed by atoms with E-state index in [0.29, 0.717) is 16.1 Å². The van der Waals surface area contributed by atoms with Crippen molar-refractivity contribution in [2.45, 2.75) is 56.9 Å². The molecule has 1 atom stereocenters. The molecule has 4 rings (SSSR count). The number of amides is 1. The Morgan fingerprint density at radius 1 is 1.06 bits per heavy atom. The summed E-state index contributed by atoms with van der Waals surface area (Å²) in [5.74, 6) is 0.346. The van der Waals surface area contributed by atoms with Gasteiger partial charge < -0.3 is 21.3 Å². The number of nitrogens with one attached hydrogen (secondary N) is 2. The summed E-state index contributed by atoms with van der Waals surface area (Å²) in [6.45, 7) is 3.79. The van der Waals surface area contributed by atoms with Gasteiger partial charge in [-0.3, -0.25) is 4.79 Å². The number of hydrogen-bond donors (Lipinski definition) is 3. The number of halogens is 2. The minimum Gasteiger partial charge on any atom is -0.370 e. The summed E-state index contributed by atoms with van der Waals surface area (Å²) in [5, 5.41) is 8.11. The molecule has 2 aromatic carbocycles. The molecule has 2 aliphatic rings. The van der Waals surface area contributed by atoms with E-state index in [-0.39, 0.29) is 18.2 Å². The molecule has 1 amide bonds. The van der Waals surface area contributed by atoms with Crippen molar-refractivity contribution >= 4 is 40.8 Å². The van der Waals surface area contributed by atoms with E-state index in [0.717, 1.165) is 61.8 Å². The zero-order valence-electron chi connectivity index (χ0n) is 20.1. The lowest BCUT2D eigenvalue weighted by atomic mass is 9.88. The predicted octanol–water partition coefficient (Wildman–Crippen LogP) is 5.40. The minimum absolute atomic E-state index is 0.170. The zero-order valence-corrected chi connectivity index (χ0v) is 21.6. The van der Waals surface area contributed by atoms with E-state index in [9.17, 15) is 4.79 Å². The lowest BCUT2D eigenvalue weighted by molar-refractivity contribution is -0.118. The van der Waals surface area contributed by atoms with Gasteiger partial charge in [-0.05, 0) is 48.2 Å².